The van der Waals surface area contributed by atoms with Gasteiger partial charge in [-0.3, -0.25) is 9.69 Å². The van der Waals surface area contributed by atoms with Gasteiger partial charge in [0.15, 0.2) is 12.0 Å². The normalized spacial score (nSPS) is 21.8. The van der Waals surface area contributed by atoms with Gasteiger partial charge in [-0.05, 0) is 49.0 Å². The summed E-state index contributed by atoms with van der Waals surface area (Å²) in [6.07, 6.45) is 6.24. The van der Waals surface area contributed by atoms with Crippen LogP contribution in [0.5, 0.6) is 0 Å². The van der Waals surface area contributed by atoms with Crippen LogP contribution in [0.1, 0.15) is 47.6 Å². The third-order valence-electron chi connectivity index (χ3n) is 5.11. The van der Waals surface area contributed by atoms with Gasteiger partial charge in [0.05, 0.1) is 6.04 Å². The Morgan fingerprint density at radius 2 is 2.04 bits per heavy atom. The quantitative estimate of drug-likeness (QED) is 0.764. The van der Waals surface area contributed by atoms with Gasteiger partial charge < -0.3 is 9.15 Å². The van der Waals surface area contributed by atoms with Gasteiger partial charge in [-0.2, -0.15) is 0 Å². The molecule has 0 radical (unpaired) electrons. The summed E-state index contributed by atoms with van der Waals surface area (Å²) in [5, 5.41) is 0. The predicted octanol–water partition coefficient (Wildman–Crippen LogP) is 4.44. The van der Waals surface area contributed by atoms with Gasteiger partial charge in [-0.25, -0.2) is 4.79 Å². The molecule has 4 rings (SSSR count). The lowest BCUT2D eigenvalue weighted by molar-refractivity contribution is 0.0508. The Hall–Kier alpha value is -2.82. The smallest absolute Gasteiger partial charge is 0.410 e. The fourth-order valence-electron chi connectivity index (χ4n) is 3.88. The summed E-state index contributed by atoms with van der Waals surface area (Å²) in [4.78, 5) is 25.4. The van der Waals surface area contributed by atoms with Crippen molar-refractivity contribution in [1.29, 1.82) is 0 Å². The van der Waals surface area contributed by atoms with E-state index >= 15 is 0 Å². The largest absolute Gasteiger partial charge is 0.454 e. The van der Waals surface area contributed by atoms with Crippen LogP contribution in [0.4, 0.5) is 4.79 Å². The molecule has 1 aromatic heterocycles. The highest BCUT2D eigenvalue weighted by molar-refractivity contribution is 5.75. The Kier molecular flexibility index (Phi) is 4.61. The number of fused-ring (bicyclic) bond motifs is 2. The van der Waals surface area contributed by atoms with Crippen LogP contribution in [0.2, 0.25) is 0 Å². The summed E-state index contributed by atoms with van der Waals surface area (Å²) in [6, 6.07) is 13.3. The van der Waals surface area contributed by atoms with E-state index in [-0.39, 0.29) is 24.8 Å². The van der Waals surface area contributed by atoms with Crippen LogP contribution >= 0.6 is 0 Å². The topological polar surface area (TPSA) is 59.8 Å². The zero-order chi connectivity index (χ0) is 17.9. The Balaban J connectivity index is 1.49. The Morgan fingerprint density at radius 1 is 1.19 bits per heavy atom. The molecule has 0 N–H and O–H groups in total. The second-order valence-corrected chi connectivity index (χ2v) is 6.82. The van der Waals surface area contributed by atoms with Crippen molar-refractivity contribution in [3.05, 3.63) is 65.6 Å². The minimum absolute atomic E-state index is 0.0190. The van der Waals surface area contributed by atoms with Crippen molar-refractivity contribution in [2.75, 3.05) is 0 Å². The van der Waals surface area contributed by atoms with Gasteiger partial charge in [-0.1, -0.05) is 36.4 Å². The molecule has 0 spiro atoms. The maximum Gasteiger partial charge on any atom is 0.410 e. The number of amides is 1. The average Bonchev–Trinajstić information content (AvgIpc) is 3.15. The molecule has 2 unspecified atom stereocenters. The first-order valence-electron chi connectivity index (χ1n) is 8.99. The second-order valence-electron chi connectivity index (χ2n) is 6.82. The summed E-state index contributed by atoms with van der Waals surface area (Å²) in [5.41, 5.74) is 2.05. The molecule has 1 amide bonds. The molecule has 2 aromatic rings. The third kappa shape index (κ3) is 3.29. The summed E-state index contributed by atoms with van der Waals surface area (Å²) < 4.78 is 11.1. The van der Waals surface area contributed by atoms with Crippen molar-refractivity contribution in [3.63, 3.8) is 0 Å². The van der Waals surface area contributed by atoms with Crippen LogP contribution in [0.15, 0.2) is 53.0 Å². The number of carbonyl (C=O) groups excluding carboxylic acids is 2. The minimum atomic E-state index is -0.258. The van der Waals surface area contributed by atoms with Gasteiger partial charge in [0.2, 0.25) is 0 Å². The van der Waals surface area contributed by atoms with E-state index in [2.05, 4.69) is 6.08 Å². The van der Waals surface area contributed by atoms with Crippen molar-refractivity contribution < 1.29 is 18.7 Å². The van der Waals surface area contributed by atoms with Crippen molar-refractivity contribution >= 4 is 18.0 Å². The molecule has 2 bridgehead atoms. The molecule has 2 aliphatic heterocycles. The Morgan fingerprint density at radius 3 is 2.77 bits per heavy atom. The van der Waals surface area contributed by atoms with Gasteiger partial charge >= 0.3 is 6.09 Å². The van der Waals surface area contributed by atoms with Crippen LogP contribution in [0.3, 0.4) is 0 Å². The lowest BCUT2D eigenvalue weighted by Gasteiger charge is -2.43. The van der Waals surface area contributed by atoms with E-state index in [1.165, 1.54) is 0 Å². The number of hydrogen-bond donors (Lipinski definition) is 0. The molecule has 5 heteroatoms. The molecule has 3 heterocycles. The SMILES string of the molecule is O=Cc1ccc(C2=CC3CCCC(C2)N3C(=O)OCc2ccccc2)o1. The monoisotopic (exact) mass is 351 g/mol. The van der Waals surface area contributed by atoms with Crippen LogP contribution in [-0.4, -0.2) is 29.4 Å². The lowest BCUT2D eigenvalue weighted by Crippen LogP contribution is -2.51. The summed E-state index contributed by atoms with van der Waals surface area (Å²) in [5.74, 6) is 1.05. The highest BCUT2D eigenvalue weighted by atomic mass is 16.6. The zero-order valence-electron chi connectivity index (χ0n) is 14.5. The predicted molar refractivity (Wildman–Crippen MR) is 96.6 cm³/mol. The van der Waals surface area contributed by atoms with Crippen LogP contribution in [-0.2, 0) is 11.3 Å². The molecule has 1 saturated heterocycles. The first kappa shape index (κ1) is 16.6. The molecular weight excluding hydrogens is 330 g/mol. The van der Waals surface area contributed by atoms with E-state index in [0.29, 0.717) is 12.0 Å². The molecular formula is C21H21NO4. The molecule has 2 atom stereocenters. The summed E-state index contributed by atoms with van der Waals surface area (Å²) in [6.45, 7) is 0.285. The van der Waals surface area contributed by atoms with Gasteiger partial charge in [0.25, 0.3) is 0 Å². The molecule has 5 nitrogen and oxygen atoms in total. The fourth-order valence-corrected chi connectivity index (χ4v) is 3.88. The lowest BCUT2D eigenvalue weighted by atomic mass is 9.85. The van der Waals surface area contributed by atoms with Gasteiger partial charge in [0.1, 0.15) is 12.4 Å². The molecule has 134 valence electrons. The van der Waals surface area contributed by atoms with Crippen molar-refractivity contribution in [3.8, 4) is 0 Å². The number of rotatable bonds is 4. The average molecular weight is 351 g/mol. The van der Waals surface area contributed by atoms with E-state index in [1.807, 2.05) is 41.3 Å². The van der Waals surface area contributed by atoms with E-state index in [0.717, 1.165) is 42.6 Å². The number of ether oxygens (including phenoxy) is 1. The molecule has 26 heavy (non-hydrogen) atoms. The van der Waals surface area contributed by atoms with E-state index in [1.54, 1.807) is 6.07 Å². The van der Waals surface area contributed by atoms with Crippen LogP contribution in [0, 0.1) is 0 Å². The molecule has 2 aliphatic rings. The summed E-state index contributed by atoms with van der Waals surface area (Å²) in [7, 11) is 0. The number of nitrogens with zero attached hydrogens (tertiary/aromatic N) is 1. The standard InChI is InChI=1S/C21H21NO4/c23-13-19-9-10-20(26-19)16-11-17-7-4-8-18(12-16)22(17)21(24)25-14-15-5-2-1-3-6-15/h1-3,5-6,9-11,13,17-18H,4,7-8,12,14H2. The number of piperidine rings is 1. The maximum atomic E-state index is 12.7. The number of hydrogen-bond acceptors (Lipinski definition) is 4. The van der Waals surface area contributed by atoms with Gasteiger partial charge in [0, 0.05) is 6.04 Å². The third-order valence-corrected chi connectivity index (χ3v) is 5.11. The van der Waals surface area contributed by atoms with E-state index in [4.69, 9.17) is 9.15 Å². The number of aldehydes is 1. The van der Waals surface area contributed by atoms with Crippen molar-refractivity contribution in [2.24, 2.45) is 0 Å². The van der Waals surface area contributed by atoms with E-state index in [9.17, 15) is 9.59 Å². The Labute approximate surface area is 152 Å². The Bertz CT molecular complexity index is 824. The highest BCUT2D eigenvalue weighted by Crippen LogP contribution is 2.37. The first-order chi connectivity index (χ1) is 12.7. The number of benzene rings is 1. The second kappa shape index (κ2) is 7.20. The molecule has 1 fully saturated rings. The van der Waals surface area contributed by atoms with E-state index < -0.39 is 0 Å². The molecule has 0 saturated carbocycles. The summed E-state index contributed by atoms with van der Waals surface area (Å²) >= 11 is 0. The van der Waals surface area contributed by atoms with Crippen molar-refractivity contribution in [2.45, 2.75) is 44.4 Å². The number of furan rings is 1. The van der Waals surface area contributed by atoms with Gasteiger partial charge in [-0.15, -0.1) is 0 Å². The fraction of sp³-hybridized carbons (Fsp3) is 0.333. The molecule has 0 aliphatic carbocycles. The van der Waals surface area contributed by atoms with Crippen LogP contribution in [0.25, 0.3) is 5.57 Å². The minimum Gasteiger partial charge on any atom is -0.454 e. The molecule has 1 aromatic carbocycles. The first-order valence-corrected chi connectivity index (χ1v) is 8.99. The van der Waals surface area contributed by atoms with Crippen molar-refractivity contribution in [1.82, 2.24) is 4.90 Å². The maximum absolute atomic E-state index is 12.7. The van der Waals surface area contributed by atoms with Crippen LogP contribution < -0.4 is 0 Å². The number of carbonyl (C=O) groups is 2. The highest BCUT2D eigenvalue weighted by Gasteiger charge is 2.38. The zero-order valence-corrected chi connectivity index (χ0v) is 14.5.